The Morgan fingerprint density at radius 3 is 2.54 bits per heavy atom. The van der Waals surface area contributed by atoms with Crippen LogP contribution in [0.2, 0.25) is 0 Å². The van der Waals surface area contributed by atoms with E-state index in [1.807, 2.05) is 0 Å². The summed E-state index contributed by atoms with van der Waals surface area (Å²) in [5.74, 6) is -0.365. The summed E-state index contributed by atoms with van der Waals surface area (Å²) in [6.07, 6.45) is 3.66. The molecule has 2 aliphatic rings. The largest absolute Gasteiger partial charge is 0.349 e. The van der Waals surface area contributed by atoms with Gasteiger partial charge in [-0.2, -0.15) is 0 Å². The van der Waals surface area contributed by atoms with E-state index in [9.17, 15) is 12.8 Å². The molecule has 1 aromatic carbocycles. The third-order valence-electron chi connectivity index (χ3n) is 4.66. The fraction of sp³-hybridized carbons (Fsp3) is 0.647. The van der Waals surface area contributed by atoms with Crippen molar-refractivity contribution in [1.29, 1.82) is 0 Å². The summed E-state index contributed by atoms with van der Waals surface area (Å²) in [7, 11) is -3.37. The van der Waals surface area contributed by atoms with Gasteiger partial charge in [-0.15, -0.1) is 0 Å². The average molecular weight is 357 g/mol. The fourth-order valence-electron chi connectivity index (χ4n) is 3.42. The summed E-state index contributed by atoms with van der Waals surface area (Å²) in [5, 5.41) is 0. The molecule has 0 aromatic heterocycles. The molecule has 24 heavy (non-hydrogen) atoms. The lowest BCUT2D eigenvalue weighted by atomic mass is 10.0. The lowest BCUT2D eigenvalue weighted by Crippen LogP contribution is -2.47. The maximum absolute atomic E-state index is 12.9. The minimum absolute atomic E-state index is 0.0637. The number of hydrogen-bond acceptors (Lipinski definition) is 5. The highest BCUT2D eigenvalue weighted by atomic mass is 32.2. The summed E-state index contributed by atoms with van der Waals surface area (Å²) in [5.41, 5.74) is 0. The lowest BCUT2D eigenvalue weighted by Gasteiger charge is -2.37. The van der Waals surface area contributed by atoms with Crippen molar-refractivity contribution in [2.24, 2.45) is 0 Å². The second kappa shape index (κ2) is 7.91. The Morgan fingerprint density at radius 1 is 1.12 bits per heavy atom. The normalized spacial score (nSPS) is 23.6. The quantitative estimate of drug-likeness (QED) is 0.731. The van der Waals surface area contributed by atoms with E-state index in [-0.39, 0.29) is 23.0 Å². The van der Waals surface area contributed by atoms with Gasteiger partial charge in [0.05, 0.1) is 29.9 Å². The van der Waals surface area contributed by atoms with Crippen LogP contribution in [0.3, 0.4) is 0 Å². The molecule has 1 atom stereocenters. The smallest absolute Gasteiger partial charge is 0.178 e. The Hall–Kier alpha value is -1.02. The molecule has 1 aromatic rings. The van der Waals surface area contributed by atoms with Crippen molar-refractivity contribution in [3.05, 3.63) is 30.1 Å². The summed E-state index contributed by atoms with van der Waals surface area (Å²) >= 11 is 0. The number of benzene rings is 1. The molecule has 2 aliphatic heterocycles. The van der Waals surface area contributed by atoms with Gasteiger partial charge in [-0.1, -0.05) is 6.42 Å². The van der Waals surface area contributed by atoms with Gasteiger partial charge in [0.2, 0.25) is 0 Å². The van der Waals surface area contributed by atoms with E-state index in [4.69, 9.17) is 9.47 Å². The second-order valence-corrected chi connectivity index (χ2v) is 8.44. The Labute approximate surface area is 142 Å². The maximum Gasteiger partial charge on any atom is 0.178 e. The van der Waals surface area contributed by atoms with Crippen molar-refractivity contribution in [1.82, 2.24) is 4.90 Å². The van der Waals surface area contributed by atoms with E-state index in [0.717, 1.165) is 25.8 Å². The van der Waals surface area contributed by atoms with Crippen LogP contribution in [-0.2, 0) is 19.3 Å². The molecule has 0 radical (unpaired) electrons. The highest BCUT2D eigenvalue weighted by Crippen LogP contribution is 2.24. The first-order valence-corrected chi connectivity index (χ1v) is 10.2. The van der Waals surface area contributed by atoms with Gasteiger partial charge in [0.1, 0.15) is 5.82 Å². The SMILES string of the molecule is O=S(=O)(CCCN1CCCCC1C1OCCO1)c1ccc(F)cc1. The first-order chi connectivity index (χ1) is 11.6. The van der Waals surface area contributed by atoms with Crippen LogP contribution in [0.4, 0.5) is 4.39 Å². The van der Waals surface area contributed by atoms with Crippen molar-refractivity contribution in [3.63, 3.8) is 0 Å². The van der Waals surface area contributed by atoms with Gasteiger partial charge in [0.15, 0.2) is 16.1 Å². The van der Waals surface area contributed by atoms with Gasteiger partial charge in [-0.3, -0.25) is 4.90 Å². The van der Waals surface area contributed by atoms with E-state index in [1.165, 1.54) is 24.3 Å². The highest BCUT2D eigenvalue weighted by Gasteiger charge is 2.33. The standard InChI is InChI=1S/C17H24FNO4S/c18-14-5-7-15(8-6-14)24(20,21)13-3-10-19-9-2-1-4-16(19)17-22-11-12-23-17/h5-8,16-17H,1-4,9-13H2. The number of likely N-dealkylation sites (tertiary alicyclic amines) is 1. The zero-order valence-electron chi connectivity index (χ0n) is 13.7. The molecule has 7 heteroatoms. The Balaban J connectivity index is 1.55. The fourth-order valence-corrected chi connectivity index (χ4v) is 4.71. The van der Waals surface area contributed by atoms with Crippen LogP contribution in [0.1, 0.15) is 25.7 Å². The molecular formula is C17H24FNO4S. The Morgan fingerprint density at radius 2 is 1.83 bits per heavy atom. The van der Waals surface area contributed by atoms with Crippen LogP contribution >= 0.6 is 0 Å². The molecule has 0 amide bonds. The van der Waals surface area contributed by atoms with Gasteiger partial charge < -0.3 is 9.47 Å². The second-order valence-electron chi connectivity index (χ2n) is 6.34. The first kappa shape index (κ1) is 17.8. The van der Waals surface area contributed by atoms with E-state index in [0.29, 0.717) is 26.2 Å². The first-order valence-electron chi connectivity index (χ1n) is 8.52. The topological polar surface area (TPSA) is 55.8 Å². The van der Waals surface area contributed by atoms with Gasteiger partial charge in [0.25, 0.3) is 0 Å². The zero-order chi connectivity index (χ0) is 17.0. The van der Waals surface area contributed by atoms with Gasteiger partial charge >= 0.3 is 0 Å². The minimum atomic E-state index is -3.37. The van der Waals surface area contributed by atoms with Crippen molar-refractivity contribution in [3.8, 4) is 0 Å². The molecule has 0 aliphatic carbocycles. The van der Waals surface area contributed by atoms with E-state index >= 15 is 0 Å². The van der Waals surface area contributed by atoms with Gasteiger partial charge in [-0.25, -0.2) is 12.8 Å². The molecule has 2 saturated heterocycles. The maximum atomic E-state index is 12.9. The van der Waals surface area contributed by atoms with Gasteiger partial charge in [0, 0.05) is 0 Å². The number of sulfone groups is 1. The summed E-state index contributed by atoms with van der Waals surface area (Å²) < 4.78 is 48.9. The van der Waals surface area contributed by atoms with Crippen LogP contribution in [0.15, 0.2) is 29.2 Å². The van der Waals surface area contributed by atoms with E-state index in [2.05, 4.69) is 4.90 Å². The minimum Gasteiger partial charge on any atom is -0.349 e. The number of nitrogens with zero attached hydrogens (tertiary/aromatic N) is 1. The van der Waals surface area contributed by atoms with E-state index < -0.39 is 15.7 Å². The van der Waals surface area contributed by atoms with Gasteiger partial charge in [-0.05, 0) is 56.6 Å². The highest BCUT2D eigenvalue weighted by molar-refractivity contribution is 7.91. The van der Waals surface area contributed by atoms with Crippen molar-refractivity contribution in [2.45, 2.75) is 42.9 Å². The molecule has 0 spiro atoms. The molecule has 1 unspecified atom stereocenters. The predicted octanol–water partition coefficient (Wildman–Crippen LogP) is 2.22. The number of halogens is 1. The van der Waals surface area contributed by atoms with Crippen LogP contribution in [-0.4, -0.2) is 57.7 Å². The van der Waals surface area contributed by atoms with Crippen LogP contribution in [0, 0.1) is 5.82 Å². The molecule has 3 rings (SSSR count). The molecule has 2 fully saturated rings. The van der Waals surface area contributed by atoms with E-state index in [1.54, 1.807) is 0 Å². The van der Waals surface area contributed by atoms with Crippen LogP contribution < -0.4 is 0 Å². The number of rotatable bonds is 6. The summed E-state index contributed by atoms with van der Waals surface area (Å²) in [6, 6.07) is 5.24. The molecule has 0 saturated carbocycles. The zero-order valence-corrected chi connectivity index (χ0v) is 14.5. The Bertz CT molecular complexity index is 628. The van der Waals surface area contributed by atoms with Crippen molar-refractivity contribution >= 4 is 9.84 Å². The van der Waals surface area contributed by atoms with Crippen molar-refractivity contribution < 1.29 is 22.3 Å². The average Bonchev–Trinajstić information content (AvgIpc) is 3.10. The predicted molar refractivity (Wildman–Crippen MR) is 88.0 cm³/mol. The molecule has 134 valence electrons. The molecular weight excluding hydrogens is 333 g/mol. The number of hydrogen-bond donors (Lipinski definition) is 0. The molecule has 5 nitrogen and oxygen atoms in total. The lowest BCUT2D eigenvalue weighted by molar-refractivity contribution is -0.109. The molecule has 0 bridgehead atoms. The van der Waals surface area contributed by atoms with Crippen molar-refractivity contribution in [2.75, 3.05) is 32.1 Å². The third kappa shape index (κ3) is 4.33. The molecule has 0 N–H and O–H groups in total. The number of piperidine rings is 1. The third-order valence-corrected chi connectivity index (χ3v) is 6.47. The molecule has 2 heterocycles. The monoisotopic (exact) mass is 357 g/mol. The Kier molecular flexibility index (Phi) is 5.86. The number of ether oxygens (including phenoxy) is 2. The van der Waals surface area contributed by atoms with Crippen LogP contribution in [0.25, 0.3) is 0 Å². The summed E-state index contributed by atoms with van der Waals surface area (Å²) in [6.45, 7) is 2.92. The summed E-state index contributed by atoms with van der Waals surface area (Å²) in [4.78, 5) is 2.47. The van der Waals surface area contributed by atoms with Crippen LogP contribution in [0.5, 0.6) is 0 Å².